The van der Waals surface area contributed by atoms with Crippen LogP contribution in [0.25, 0.3) is 11.0 Å². The maximum atomic E-state index is 6.17. The van der Waals surface area contributed by atoms with Crippen molar-refractivity contribution in [2.24, 2.45) is 5.73 Å². The molecule has 1 unspecified atom stereocenters. The van der Waals surface area contributed by atoms with Crippen LogP contribution in [0.2, 0.25) is 0 Å². The van der Waals surface area contributed by atoms with Gasteiger partial charge in [-0.25, -0.2) is 4.98 Å². The van der Waals surface area contributed by atoms with Gasteiger partial charge in [0.2, 0.25) is 5.95 Å². The third-order valence-electron chi connectivity index (χ3n) is 4.64. The fourth-order valence-corrected chi connectivity index (χ4v) is 5.38. The normalized spacial score (nSPS) is 20.7. The number of hydrogen-bond donors (Lipinski definition) is 1. The Balaban J connectivity index is 0.00000156. The summed E-state index contributed by atoms with van der Waals surface area (Å²) in [5.41, 5.74) is 9.85. The van der Waals surface area contributed by atoms with E-state index in [9.17, 15) is 0 Å². The second kappa shape index (κ2) is 6.83. The molecule has 8 heteroatoms. The quantitative estimate of drug-likeness (QED) is 0.549. The molecular formula is C15H18Br3ClN4. The van der Waals surface area contributed by atoms with Crippen molar-refractivity contribution in [3.8, 4) is 0 Å². The lowest BCUT2D eigenvalue weighted by molar-refractivity contribution is 0.490. The lowest BCUT2D eigenvalue weighted by Gasteiger charge is -2.32. The Bertz CT molecular complexity index is 761. The number of benzene rings is 1. The zero-order valence-electron chi connectivity index (χ0n) is 12.5. The zero-order chi connectivity index (χ0) is 15.4. The van der Waals surface area contributed by atoms with Crippen LogP contribution in [0.15, 0.2) is 13.4 Å². The first-order valence-electron chi connectivity index (χ1n) is 7.64. The minimum atomic E-state index is 0. The number of piperidine rings is 1. The van der Waals surface area contributed by atoms with Crippen LogP contribution in [0.4, 0.5) is 5.95 Å². The summed E-state index contributed by atoms with van der Waals surface area (Å²) < 4.78 is 5.62. The van der Waals surface area contributed by atoms with E-state index >= 15 is 0 Å². The third-order valence-corrected chi connectivity index (χ3v) is 8.15. The van der Waals surface area contributed by atoms with Crippen molar-refractivity contribution in [1.29, 1.82) is 0 Å². The molecule has 4 nitrogen and oxygen atoms in total. The van der Waals surface area contributed by atoms with Crippen molar-refractivity contribution < 1.29 is 0 Å². The Morgan fingerprint density at radius 3 is 2.57 bits per heavy atom. The summed E-state index contributed by atoms with van der Waals surface area (Å²) >= 11 is 11.1. The Morgan fingerprint density at radius 1 is 1.04 bits per heavy atom. The summed E-state index contributed by atoms with van der Waals surface area (Å²) in [6.45, 7) is 2.98. The molecule has 4 rings (SSSR count). The van der Waals surface area contributed by atoms with E-state index in [-0.39, 0.29) is 18.4 Å². The second-order valence-corrected chi connectivity index (χ2v) is 8.51. The lowest BCUT2D eigenvalue weighted by atomic mass is 10.0. The minimum absolute atomic E-state index is 0. The van der Waals surface area contributed by atoms with Gasteiger partial charge in [-0.05, 0) is 79.0 Å². The van der Waals surface area contributed by atoms with Gasteiger partial charge in [-0.3, -0.25) is 0 Å². The van der Waals surface area contributed by atoms with E-state index in [1.807, 2.05) is 0 Å². The molecule has 23 heavy (non-hydrogen) atoms. The molecule has 126 valence electrons. The van der Waals surface area contributed by atoms with Gasteiger partial charge >= 0.3 is 0 Å². The zero-order valence-corrected chi connectivity index (χ0v) is 18.1. The monoisotopic (exact) mass is 526 g/mol. The first-order chi connectivity index (χ1) is 10.6. The SMILES string of the molecule is Cl.NC1CCCN(c2nc3c(Br)c(Br)c(Br)c4c3n2CCC4)C1. The summed E-state index contributed by atoms with van der Waals surface area (Å²) in [6.07, 6.45) is 4.50. The molecule has 1 saturated heterocycles. The van der Waals surface area contributed by atoms with Gasteiger partial charge in [-0.15, -0.1) is 12.4 Å². The Kier molecular flexibility index (Phi) is 5.34. The molecule has 1 atom stereocenters. The summed E-state index contributed by atoms with van der Waals surface area (Å²) in [4.78, 5) is 7.34. The number of imidazole rings is 1. The maximum absolute atomic E-state index is 6.17. The van der Waals surface area contributed by atoms with Gasteiger partial charge in [0.15, 0.2) is 0 Å². The highest BCUT2D eigenvalue weighted by molar-refractivity contribution is 9.14. The molecule has 3 heterocycles. The van der Waals surface area contributed by atoms with Crippen LogP contribution < -0.4 is 10.6 Å². The Hall–Kier alpha value is 0.180. The van der Waals surface area contributed by atoms with Crippen LogP contribution in [-0.4, -0.2) is 28.7 Å². The number of nitrogens with two attached hydrogens (primary N) is 1. The van der Waals surface area contributed by atoms with Crippen molar-refractivity contribution in [3.05, 3.63) is 19.0 Å². The molecule has 2 aromatic rings. The first kappa shape index (κ1) is 18.0. The number of halogens is 4. The Labute approximate surface area is 167 Å². The predicted molar refractivity (Wildman–Crippen MR) is 108 cm³/mol. The molecule has 1 aromatic heterocycles. The number of anilines is 1. The summed E-state index contributed by atoms with van der Waals surface area (Å²) in [7, 11) is 0. The van der Waals surface area contributed by atoms with Gasteiger partial charge < -0.3 is 15.2 Å². The smallest absolute Gasteiger partial charge is 0.206 e. The van der Waals surface area contributed by atoms with E-state index in [1.54, 1.807) is 0 Å². The molecule has 0 spiro atoms. The summed E-state index contributed by atoms with van der Waals surface area (Å²) in [6, 6.07) is 0.256. The lowest BCUT2D eigenvalue weighted by Crippen LogP contribution is -2.44. The van der Waals surface area contributed by atoms with Crippen molar-refractivity contribution >= 4 is 77.2 Å². The number of aromatic nitrogens is 2. The molecule has 0 amide bonds. The van der Waals surface area contributed by atoms with Gasteiger partial charge in [0.1, 0.15) is 5.52 Å². The van der Waals surface area contributed by atoms with E-state index in [1.165, 1.54) is 11.1 Å². The molecule has 2 N–H and O–H groups in total. The van der Waals surface area contributed by atoms with Gasteiger partial charge in [-0.1, -0.05) is 0 Å². The number of rotatable bonds is 1. The molecule has 0 radical (unpaired) electrons. The van der Waals surface area contributed by atoms with Crippen LogP contribution in [0, 0.1) is 0 Å². The average Bonchev–Trinajstić information content (AvgIpc) is 2.91. The topological polar surface area (TPSA) is 47.1 Å². The highest BCUT2D eigenvalue weighted by Gasteiger charge is 2.28. The molecule has 2 aliphatic heterocycles. The van der Waals surface area contributed by atoms with Crippen molar-refractivity contribution in [2.75, 3.05) is 18.0 Å². The maximum Gasteiger partial charge on any atom is 0.206 e. The fraction of sp³-hybridized carbons (Fsp3) is 0.533. The highest BCUT2D eigenvalue weighted by atomic mass is 79.9. The minimum Gasteiger partial charge on any atom is -0.341 e. The molecule has 1 aromatic carbocycles. The molecular weight excluding hydrogens is 511 g/mol. The van der Waals surface area contributed by atoms with E-state index in [4.69, 9.17) is 10.7 Å². The van der Waals surface area contributed by atoms with Gasteiger partial charge in [0.25, 0.3) is 0 Å². The Morgan fingerprint density at radius 2 is 1.83 bits per heavy atom. The van der Waals surface area contributed by atoms with Gasteiger partial charge in [-0.2, -0.15) is 0 Å². The van der Waals surface area contributed by atoms with E-state index in [0.29, 0.717) is 0 Å². The molecule has 1 fully saturated rings. The largest absolute Gasteiger partial charge is 0.341 e. The molecule has 0 saturated carbocycles. The van der Waals surface area contributed by atoms with E-state index in [0.717, 1.165) is 70.2 Å². The molecule has 0 aliphatic carbocycles. The van der Waals surface area contributed by atoms with Crippen LogP contribution in [0.3, 0.4) is 0 Å². The van der Waals surface area contributed by atoms with E-state index < -0.39 is 0 Å². The number of nitrogens with zero attached hydrogens (tertiary/aromatic N) is 3. The van der Waals surface area contributed by atoms with Gasteiger partial charge in [0.05, 0.1) is 9.99 Å². The first-order valence-corrected chi connectivity index (χ1v) is 10.0. The van der Waals surface area contributed by atoms with Crippen molar-refractivity contribution in [3.63, 3.8) is 0 Å². The third kappa shape index (κ3) is 2.86. The second-order valence-electron chi connectivity index (χ2n) is 6.13. The van der Waals surface area contributed by atoms with E-state index in [2.05, 4.69) is 57.3 Å². The average molecular weight is 530 g/mol. The summed E-state index contributed by atoms with van der Waals surface area (Å²) in [5.74, 6) is 1.08. The highest BCUT2D eigenvalue weighted by Crippen LogP contribution is 2.44. The van der Waals surface area contributed by atoms with Crippen molar-refractivity contribution in [2.45, 2.75) is 38.3 Å². The summed E-state index contributed by atoms with van der Waals surface area (Å²) in [5, 5.41) is 0. The molecule has 0 bridgehead atoms. The van der Waals surface area contributed by atoms with Crippen molar-refractivity contribution in [1.82, 2.24) is 9.55 Å². The van der Waals surface area contributed by atoms with Crippen LogP contribution in [0.5, 0.6) is 0 Å². The van der Waals surface area contributed by atoms with Gasteiger partial charge in [0, 0.05) is 34.6 Å². The van der Waals surface area contributed by atoms with Crippen LogP contribution in [0.1, 0.15) is 24.8 Å². The fourth-order valence-electron chi connectivity index (χ4n) is 3.62. The standard InChI is InChI=1S/C15H17Br3N4.ClH/c16-10-9-4-2-6-22-14(9)13(12(18)11(10)17)20-15(22)21-5-1-3-8(19)7-21;/h8H,1-7,19H2;1H. The number of aryl methyl sites for hydroxylation is 2. The predicted octanol–water partition coefficient (Wildman–Crippen LogP) is 4.62. The molecule has 2 aliphatic rings. The number of hydrogen-bond acceptors (Lipinski definition) is 3. The van der Waals surface area contributed by atoms with Crippen LogP contribution in [-0.2, 0) is 13.0 Å². The van der Waals surface area contributed by atoms with Crippen LogP contribution >= 0.6 is 60.2 Å².